The molecule has 0 atom stereocenters. The first-order valence-electron chi connectivity index (χ1n) is 4.75. The van der Waals surface area contributed by atoms with Crippen molar-refractivity contribution in [3.63, 3.8) is 0 Å². The molecule has 0 radical (unpaired) electrons. The summed E-state index contributed by atoms with van der Waals surface area (Å²) in [6.45, 7) is 4.50. The predicted octanol–water partition coefficient (Wildman–Crippen LogP) is 3.50. The van der Waals surface area contributed by atoms with Crippen molar-refractivity contribution < 1.29 is 4.74 Å². The van der Waals surface area contributed by atoms with Crippen LogP contribution in [-0.4, -0.2) is 12.1 Å². The second-order valence-corrected chi connectivity index (χ2v) is 4.98. The van der Waals surface area contributed by atoms with Crippen LogP contribution in [0.15, 0.2) is 18.2 Å². The Balaban J connectivity index is 2.48. The van der Waals surface area contributed by atoms with Crippen LogP contribution in [0.2, 0.25) is 10.0 Å². The van der Waals surface area contributed by atoms with Crippen molar-refractivity contribution in [1.29, 1.82) is 0 Å². The lowest BCUT2D eigenvalue weighted by atomic mass is 10.0. The van der Waals surface area contributed by atoms with Gasteiger partial charge in [-0.05, 0) is 32.4 Å². The lowest BCUT2D eigenvalue weighted by Gasteiger charge is -2.18. The molecule has 0 aliphatic heterocycles. The van der Waals surface area contributed by atoms with E-state index in [0.717, 1.165) is 6.42 Å². The summed E-state index contributed by atoms with van der Waals surface area (Å²) in [4.78, 5) is 0. The van der Waals surface area contributed by atoms with Gasteiger partial charge < -0.3 is 10.5 Å². The zero-order valence-electron chi connectivity index (χ0n) is 8.89. The van der Waals surface area contributed by atoms with Crippen LogP contribution >= 0.6 is 23.2 Å². The lowest BCUT2D eigenvalue weighted by Crippen LogP contribution is -2.33. The fraction of sp³-hybridized carbons (Fsp3) is 0.455. The molecule has 0 aliphatic carbocycles. The summed E-state index contributed by atoms with van der Waals surface area (Å²) in [7, 11) is 0. The molecule has 84 valence electrons. The fourth-order valence-electron chi connectivity index (χ4n) is 0.999. The first-order chi connectivity index (χ1) is 6.88. The molecule has 0 saturated carbocycles. The van der Waals surface area contributed by atoms with Gasteiger partial charge in [-0.3, -0.25) is 0 Å². The van der Waals surface area contributed by atoms with Crippen LogP contribution in [0.3, 0.4) is 0 Å². The third kappa shape index (κ3) is 4.74. The number of hydrogen-bond donors (Lipinski definition) is 1. The van der Waals surface area contributed by atoms with Crippen molar-refractivity contribution in [2.24, 2.45) is 5.73 Å². The first kappa shape index (κ1) is 12.6. The first-order valence-corrected chi connectivity index (χ1v) is 5.51. The highest BCUT2D eigenvalue weighted by atomic mass is 35.5. The molecule has 1 aromatic rings. The Labute approximate surface area is 100 Å². The van der Waals surface area contributed by atoms with Gasteiger partial charge in [0.2, 0.25) is 0 Å². The summed E-state index contributed by atoms with van der Waals surface area (Å²) in [5.74, 6) is 0.716. The molecule has 0 unspecified atom stereocenters. The van der Waals surface area contributed by atoms with Gasteiger partial charge in [0.05, 0.1) is 16.7 Å². The third-order valence-corrected chi connectivity index (χ3v) is 2.65. The van der Waals surface area contributed by atoms with Gasteiger partial charge in [-0.2, -0.15) is 0 Å². The maximum atomic E-state index is 5.85. The Morgan fingerprint density at radius 1 is 1.27 bits per heavy atom. The average molecular weight is 248 g/mol. The molecule has 0 aliphatic rings. The van der Waals surface area contributed by atoms with Crippen LogP contribution in [0.25, 0.3) is 0 Å². The number of hydrogen-bond acceptors (Lipinski definition) is 2. The minimum atomic E-state index is -0.212. The van der Waals surface area contributed by atoms with Gasteiger partial charge in [0, 0.05) is 11.6 Å². The standard InChI is InChI=1S/C11H15Cl2NO/c1-11(2,14)5-6-15-8-3-4-9(12)10(13)7-8/h3-4,7H,5-6,14H2,1-2H3. The average Bonchev–Trinajstić information content (AvgIpc) is 2.09. The Kier molecular flexibility index (Phi) is 4.26. The molecule has 0 spiro atoms. The molecule has 2 nitrogen and oxygen atoms in total. The van der Waals surface area contributed by atoms with Crippen LogP contribution in [0, 0.1) is 0 Å². The second kappa shape index (κ2) is 5.06. The molecule has 0 saturated heterocycles. The summed E-state index contributed by atoms with van der Waals surface area (Å²) in [6, 6.07) is 5.21. The molecule has 2 N–H and O–H groups in total. The lowest BCUT2D eigenvalue weighted by molar-refractivity contribution is 0.274. The van der Waals surface area contributed by atoms with E-state index in [1.54, 1.807) is 18.2 Å². The highest BCUT2D eigenvalue weighted by molar-refractivity contribution is 6.42. The van der Waals surface area contributed by atoms with E-state index in [2.05, 4.69) is 0 Å². The molecule has 0 fully saturated rings. The van der Waals surface area contributed by atoms with Gasteiger partial charge >= 0.3 is 0 Å². The zero-order chi connectivity index (χ0) is 11.5. The monoisotopic (exact) mass is 247 g/mol. The van der Waals surface area contributed by atoms with Crippen molar-refractivity contribution in [2.45, 2.75) is 25.8 Å². The second-order valence-electron chi connectivity index (χ2n) is 4.16. The highest BCUT2D eigenvalue weighted by Crippen LogP contribution is 2.26. The van der Waals surface area contributed by atoms with Gasteiger partial charge in [-0.1, -0.05) is 23.2 Å². The van der Waals surface area contributed by atoms with Crippen LogP contribution in [0.4, 0.5) is 0 Å². The number of rotatable bonds is 4. The number of halogens is 2. The van der Waals surface area contributed by atoms with Crippen molar-refractivity contribution in [3.8, 4) is 5.75 Å². The van der Waals surface area contributed by atoms with E-state index in [0.29, 0.717) is 22.4 Å². The maximum absolute atomic E-state index is 5.85. The van der Waals surface area contributed by atoms with Crippen molar-refractivity contribution in [2.75, 3.05) is 6.61 Å². The number of ether oxygens (including phenoxy) is 1. The zero-order valence-corrected chi connectivity index (χ0v) is 10.4. The van der Waals surface area contributed by atoms with E-state index in [1.807, 2.05) is 13.8 Å². The fourth-order valence-corrected chi connectivity index (χ4v) is 1.29. The predicted molar refractivity (Wildman–Crippen MR) is 64.8 cm³/mol. The van der Waals surface area contributed by atoms with Crippen LogP contribution in [-0.2, 0) is 0 Å². The van der Waals surface area contributed by atoms with Crippen LogP contribution in [0.1, 0.15) is 20.3 Å². The van der Waals surface area contributed by atoms with E-state index >= 15 is 0 Å². The third-order valence-electron chi connectivity index (χ3n) is 1.91. The summed E-state index contributed by atoms with van der Waals surface area (Å²) in [6.07, 6.45) is 0.785. The molecule has 0 bridgehead atoms. The van der Waals surface area contributed by atoms with Gasteiger partial charge in [-0.15, -0.1) is 0 Å². The molecule has 0 aromatic heterocycles. The molecule has 1 rings (SSSR count). The SMILES string of the molecule is CC(C)(N)CCOc1ccc(Cl)c(Cl)c1. The highest BCUT2D eigenvalue weighted by Gasteiger charge is 2.10. The minimum absolute atomic E-state index is 0.212. The van der Waals surface area contributed by atoms with Crippen LogP contribution < -0.4 is 10.5 Å². The Bertz CT molecular complexity index is 334. The maximum Gasteiger partial charge on any atom is 0.120 e. The van der Waals surface area contributed by atoms with Crippen molar-refractivity contribution in [3.05, 3.63) is 28.2 Å². The number of nitrogens with two attached hydrogens (primary N) is 1. The number of benzene rings is 1. The van der Waals surface area contributed by atoms with E-state index in [9.17, 15) is 0 Å². The van der Waals surface area contributed by atoms with Gasteiger partial charge in [-0.25, -0.2) is 0 Å². The topological polar surface area (TPSA) is 35.2 Å². The Morgan fingerprint density at radius 3 is 2.47 bits per heavy atom. The van der Waals surface area contributed by atoms with E-state index in [4.69, 9.17) is 33.7 Å². The van der Waals surface area contributed by atoms with Gasteiger partial charge in [0.25, 0.3) is 0 Å². The van der Waals surface area contributed by atoms with E-state index in [-0.39, 0.29) is 5.54 Å². The van der Waals surface area contributed by atoms with Gasteiger partial charge in [0.1, 0.15) is 5.75 Å². The summed E-state index contributed by atoms with van der Waals surface area (Å²) < 4.78 is 5.49. The summed E-state index contributed by atoms with van der Waals surface area (Å²) >= 11 is 11.6. The molecule has 4 heteroatoms. The molecule has 0 heterocycles. The summed E-state index contributed by atoms with van der Waals surface area (Å²) in [5.41, 5.74) is 5.61. The minimum Gasteiger partial charge on any atom is -0.493 e. The normalized spacial score (nSPS) is 11.5. The quantitative estimate of drug-likeness (QED) is 0.884. The van der Waals surface area contributed by atoms with Crippen molar-refractivity contribution >= 4 is 23.2 Å². The molecule has 15 heavy (non-hydrogen) atoms. The van der Waals surface area contributed by atoms with Crippen molar-refractivity contribution in [1.82, 2.24) is 0 Å². The smallest absolute Gasteiger partial charge is 0.120 e. The summed E-state index contributed by atoms with van der Waals surface area (Å²) in [5, 5.41) is 1.03. The largest absolute Gasteiger partial charge is 0.493 e. The Morgan fingerprint density at radius 2 is 1.93 bits per heavy atom. The Hall–Kier alpha value is -0.440. The molecule has 1 aromatic carbocycles. The van der Waals surface area contributed by atoms with Gasteiger partial charge in [0.15, 0.2) is 0 Å². The molecular formula is C11H15Cl2NO. The molecule has 0 amide bonds. The van der Waals surface area contributed by atoms with E-state index < -0.39 is 0 Å². The molecular weight excluding hydrogens is 233 g/mol. The van der Waals surface area contributed by atoms with Crippen LogP contribution in [0.5, 0.6) is 5.75 Å². The van der Waals surface area contributed by atoms with E-state index in [1.165, 1.54) is 0 Å².